The fourth-order valence-corrected chi connectivity index (χ4v) is 4.74. The molecule has 9 heteroatoms. The Hall–Kier alpha value is -4.92. The summed E-state index contributed by atoms with van der Waals surface area (Å²) in [4.78, 5) is 43.9. The van der Waals surface area contributed by atoms with E-state index in [9.17, 15) is 14.4 Å². The van der Waals surface area contributed by atoms with Gasteiger partial charge in [0.15, 0.2) is 0 Å². The second-order valence-electron chi connectivity index (χ2n) is 10.9. The molecule has 4 aromatic rings. The molecule has 0 aliphatic rings. The molecule has 0 spiro atoms. The molecule has 0 aliphatic heterocycles. The summed E-state index contributed by atoms with van der Waals surface area (Å²) < 4.78 is 7.21. The number of nitrogens with zero attached hydrogens (tertiary/aromatic N) is 2. The Balaban J connectivity index is 1.63. The Kier molecular flexibility index (Phi) is 9.75. The van der Waals surface area contributed by atoms with Crippen LogP contribution in [0.15, 0.2) is 110 Å². The van der Waals surface area contributed by atoms with Gasteiger partial charge in [-0.15, -0.1) is 0 Å². The van der Waals surface area contributed by atoms with Gasteiger partial charge in [-0.1, -0.05) is 91.0 Å². The highest BCUT2D eigenvalue weighted by Gasteiger charge is 2.39. The van der Waals surface area contributed by atoms with Crippen molar-refractivity contribution in [3.8, 4) is 0 Å². The van der Waals surface area contributed by atoms with Crippen molar-refractivity contribution < 1.29 is 19.1 Å². The van der Waals surface area contributed by atoms with Crippen LogP contribution in [0.25, 0.3) is 0 Å². The number of amides is 3. The lowest BCUT2D eigenvalue weighted by atomic mass is 9.77. The molecule has 218 valence electrons. The topological polar surface area (TPSA) is 114 Å². The minimum absolute atomic E-state index is 0.283. The van der Waals surface area contributed by atoms with Gasteiger partial charge in [-0.25, -0.2) is 9.78 Å². The van der Waals surface area contributed by atoms with E-state index in [1.165, 1.54) is 0 Å². The van der Waals surface area contributed by atoms with Gasteiger partial charge in [-0.3, -0.25) is 9.59 Å². The first-order valence-electron chi connectivity index (χ1n) is 13.9. The van der Waals surface area contributed by atoms with Crippen LogP contribution in [-0.4, -0.2) is 45.6 Å². The van der Waals surface area contributed by atoms with Crippen molar-refractivity contribution in [3.05, 3.63) is 126 Å². The molecular weight excluding hydrogens is 530 g/mol. The number of carbonyl (C=O) groups is 3. The Morgan fingerprint density at radius 1 is 0.833 bits per heavy atom. The number of carbonyl (C=O) groups excluding carboxylic acids is 3. The molecule has 42 heavy (non-hydrogen) atoms. The van der Waals surface area contributed by atoms with Gasteiger partial charge in [0.25, 0.3) is 0 Å². The maximum absolute atomic E-state index is 13.9. The van der Waals surface area contributed by atoms with Crippen molar-refractivity contribution >= 4 is 17.9 Å². The minimum Gasteiger partial charge on any atom is -0.444 e. The molecule has 0 radical (unpaired) electrons. The molecule has 1 aromatic heterocycles. The van der Waals surface area contributed by atoms with Gasteiger partial charge in [-0.05, 0) is 37.5 Å². The first-order valence-corrected chi connectivity index (χ1v) is 13.9. The van der Waals surface area contributed by atoms with Crippen LogP contribution in [0.2, 0.25) is 0 Å². The highest BCUT2D eigenvalue weighted by molar-refractivity contribution is 5.91. The van der Waals surface area contributed by atoms with Crippen molar-refractivity contribution in [2.24, 2.45) is 0 Å². The molecule has 0 aliphatic carbocycles. The maximum Gasteiger partial charge on any atom is 0.408 e. The average molecular weight is 568 g/mol. The summed E-state index contributed by atoms with van der Waals surface area (Å²) in [5, 5.41) is 8.66. The Morgan fingerprint density at radius 2 is 1.36 bits per heavy atom. The Labute approximate surface area is 246 Å². The number of hydrogen-bond acceptors (Lipinski definition) is 5. The number of rotatable bonds is 11. The summed E-state index contributed by atoms with van der Waals surface area (Å²) in [6, 6.07) is 27.8. The third kappa shape index (κ3) is 7.84. The van der Waals surface area contributed by atoms with E-state index in [2.05, 4.69) is 20.9 Å². The van der Waals surface area contributed by atoms with Gasteiger partial charge in [-0.2, -0.15) is 0 Å². The zero-order valence-corrected chi connectivity index (χ0v) is 24.1. The van der Waals surface area contributed by atoms with Crippen LogP contribution in [-0.2, 0) is 26.4 Å². The minimum atomic E-state index is -1.18. The SMILES string of the molecule is CC(C)(C)OC(=O)N[C@H](CC(=O)NC(c1ccccc1)(c1ccccc1)c1ccccc1)C(=O)NCCn1ccnc1. The second kappa shape index (κ2) is 13.6. The number of aromatic nitrogens is 2. The van der Waals surface area contributed by atoms with E-state index in [0.29, 0.717) is 6.54 Å². The Morgan fingerprint density at radius 3 is 1.81 bits per heavy atom. The molecule has 3 aromatic carbocycles. The van der Waals surface area contributed by atoms with Crippen LogP contribution in [0, 0.1) is 0 Å². The molecular formula is C33H37N5O4. The molecule has 4 rings (SSSR count). The van der Waals surface area contributed by atoms with Crippen molar-refractivity contribution in [1.82, 2.24) is 25.5 Å². The van der Waals surface area contributed by atoms with Crippen LogP contribution >= 0.6 is 0 Å². The molecule has 3 amide bonds. The van der Waals surface area contributed by atoms with E-state index < -0.39 is 35.1 Å². The van der Waals surface area contributed by atoms with Gasteiger partial charge in [0, 0.05) is 25.5 Å². The normalized spacial score (nSPS) is 12.2. The van der Waals surface area contributed by atoms with Gasteiger partial charge in [0.1, 0.15) is 17.2 Å². The zero-order chi connectivity index (χ0) is 30.0. The van der Waals surface area contributed by atoms with Crippen LogP contribution in [0.5, 0.6) is 0 Å². The van der Waals surface area contributed by atoms with E-state index in [1.54, 1.807) is 39.5 Å². The molecule has 1 atom stereocenters. The van der Waals surface area contributed by atoms with Crippen molar-refractivity contribution in [3.63, 3.8) is 0 Å². The summed E-state index contributed by atoms with van der Waals surface area (Å²) in [7, 11) is 0. The van der Waals surface area contributed by atoms with Gasteiger partial charge in [0.2, 0.25) is 11.8 Å². The predicted octanol–water partition coefficient (Wildman–Crippen LogP) is 4.39. The molecule has 0 saturated carbocycles. The number of benzene rings is 3. The van der Waals surface area contributed by atoms with Crippen molar-refractivity contribution in [2.45, 2.75) is 50.9 Å². The predicted molar refractivity (Wildman–Crippen MR) is 160 cm³/mol. The van der Waals surface area contributed by atoms with Gasteiger partial charge in [0.05, 0.1) is 12.7 Å². The quantitative estimate of drug-likeness (QED) is 0.233. The summed E-state index contributed by atoms with van der Waals surface area (Å²) in [6.45, 7) is 5.95. The average Bonchev–Trinajstić information content (AvgIpc) is 3.49. The van der Waals surface area contributed by atoms with E-state index >= 15 is 0 Å². The fourth-order valence-electron chi connectivity index (χ4n) is 4.74. The molecule has 0 saturated heterocycles. The third-order valence-corrected chi connectivity index (χ3v) is 6.57. The molecule has 3 N–H and O–H groups in total. The molecule has 1 heterocycles. The smallest absolute Gasteiger partial charge is 0.408 e. The lowest BCUT2D eigenvalue weighted by Gasteiger charge is -2.37. The van der Waals surface area contributed by atoms with Gasteiger partial charge < -0.3 is 25.3 Å². The summed E-state index contributed by atoms with van der Waals surface area (Å²) in [5.74, 6) is -0.932. The van der Waals surface area contributed by atoms with Crippen LogP contribution in [0.1, 0.15) is 43.9 Å². The van der Waals surface area contributed by atoms with Gasteiger partial charge >= 0.3 is 6.09 Å². The van der Waals surface area contributed by atoms with Crippen LogP contribution in [0.3, 0.4) is 0 Å². The number of imidazole rings is 1. The molecule has 0 unspecified atom stereocenters. The van der Waals surface area contributed by atoms with E-state index in [-0.39, 0.29) is 13.0 Å². The summed E-state index contributed by atoms with van der Waals surface area (Å²) in [6.07, 6.45) is 3.98. The second-order valence-corrected chi connectivity index (χ2v) is 10.9. The summed E-state index contributed by atoms with van der Waals surface area (Å²) in [5.41, 5.74) is 0.694. The molecule has 9 nitrogen and oxygen atoms in total. The summed E-state index contributed by atoms with van der Waals surface area (Å²) >= 11 is 0. The lowest BCUT2D eigenvalue weighted by Crippen LogP contribution is -2.53. The highest BCUT2D eigenvalue weighted by Crippen LogP contribution is 2.36. The van der Waals surface area contributed by atoms with Crippen molar-refractivity contribution in [1.29, 1.82) is 0 Å². The van der Waals surface area contributed by atoms with E-state index in [4.69, 9.17) is 4.74 Å². The molecule has 0 bridgehead atoms. The monoisotopic (exact) mass is 567 g/mol. The van der Waals surface area contributed by atoms with E-state index in [0.717, 1.165) is 16.7 Å². The number of hydrogen-bond donors (Lipinski definition) is 3. The maximum atomic E-state index is 13.9. The number of alkyl carbamates (subject to hydrolysis) is 1. The standard InChI is InChI=1S/C33H37N5O4/c1-32(2,3)42-31(41)36-28(30(40)35-20-22-38-21-19-34-24-38)23-29(39)37-33(25-13-7-4-8-14-25,26-15-9-5-10-16-26)27-17-11-6-12-18-27/h4-19,21,24,28H,20,22-23H2,1-3H3,(H,35,40)(H,36,41)(H,37,39)/t28-/m1/s1. The third-order valence-electron chi connectivity index (χ3n) is 6.57. The zero-order valence-electron chi connectivity index (χ0n) is 24.1. The van der Waals surface area contributed by atoms with Crippen LogP contribution in [0.4, 0.5) is 4.79 Å². The van der Waals surface area contributed by atoms with E-state index in [1.807, 2.05) is 95.6 Å². The first-order chi connectivity index (χ1) is 20.2. The van der Waals surface area contributed by atoms with Crippen molar-refractivity contribution in [2.75, 3.05) is 6.54 Å². The largest absolute Gasteiger partial charge is 0.444 e. The first kappa shape index (κ1) is 30.0. The fraction of sp³-hybridized carbons (Fsp3) is 0.273. The lowest BCUT2D eigenvalue weighted by molar-refractivity contribution is -0.129. The molecule has 0 fully saturated rings. The van der Waals surface area contributed by atoms with Crippen LogP contribution < -0.4 is 16.0 Å². The number of ether oxygens (including phenoxy) is 1. The highest BCUT2D eigenvalue weighted by atomic mass is 16.6. The number of nitrogens with one attached hydrogen (secondary N) is 3. The Bertz CT molecular complexity index is 1340.